The summed E-state index contributed by atoms with van der Waals surface area (Å²) in [7, 11) is 3.45. The molecule has 1 aromatic rings. The number of rotatable bonds is 8. The topological polar surface area (TPSA) is 78.0 Å². The van der Waals surface area contributed by atoms with Crippen molar-refractivity contribution in [3.63, 3.8) is 0 Å². The molecule has 0 radical (unpaired) electrons. The van der Waals surface area contributed by atoms with E-state index in [4.69, 9.17) is 4.74 Å². The number of carbonyl (C=O) groups excluding carboxylic acids is 2. The Bertz CT molecular complexity index is 814. The number of nitrogens with zero attached hydrogens (tertiary/aromatic N) is 4. The minimum atomic E-state index is 0.00645. The van der Waals surface area contributed by atoms with E-state index in [1.807, 2.05) is 6.20 Å². The highest BCUT2D eigenvalue weighted by Gasteiger charge is 2.26. The highest BCUT2D eigenvalue weighted by Crippen LogP contribution is 2.34. The fourth-order valence-corrected chi connectivity index (χ4v) is 5.21. The number of fused-ring (bicyclic) bond motifs is 1. The maximum Gasteiger partial charge on any atom is 0.222 e. The lowest BCUT2D eigenvalue weighted by molar-refractivity contribution is -0.131. The molecule has 4 rings (SSSR count). The second-order valence-electron chi connectivity index (χ2n) is 9.91. The molecule has 2 fully saturated rings. The lowest BCUT2D eigenvalue weighted by Gasteiger charge is -2.37. The minimum Gasteiger partial charge on any atom is -0.489 e. The zero-order chi connectivity index (χ0) is 23.2. The molecule has 0 atom stereocenters. The lowest BCUT2D eigenvalue weighted by Crippen LogP contribution is -2.47. The average Bonchev–Trinajstić information content (AvgIpc) is 3.31. The third-order valence-electron chi connectivity index (χ3n) is 7.39. The van der Waals surface area contributed by atoms with Gasteiger partial charge in [0.05, 0.1) is 6.61 Å². The number of ether oxygens (including phenoxy) is 1. The number of amides is 2. The van der Waals surface area contributed by atoms with Crippen LogP contribution in [0.1, 0.15) is 50.5 Å². The van der Waals surface area contributed by atoms with E-state index < -0.39 is 0 Å². The number of hydrogen-bond donors (Lipinski definition) is 1. The summed E-state index contributed by atoms with van der Waals surface area (Å²) in [5, 5.41) is 3.14. The van der Waals surface area contributed by atoms with Gasteiger partial charge in [-0.15, -0.1) is 0 Å². The summed E-state index contributed by atoms with van der Waals surface area (Å²) in [5.74, 6) is 2.79. The molecule has 33 heavy (non-hydrogen) atoms. The van der Waals surface area contributed by atoms with Crippen LogP contribution in [-0.4, -0.2) is 86.1 Å². The maximum absolute atomic E-state index is 12.1. The Hall–Kier alpha value is -2.35. The monoisotopic (exact) mass is 457 g/mol. The van der Waals surface area contributed by atoms with Crippen molar-refractivity contribution in [2.24, 2.45) is 5.92 Å². The van der Waals surface area contributed by atoms with Crippen LogP contribution in [0.4, 0.5) is 5.82 Å². The summed E-state index contributed by atoms with van der Waals surface area (Å²) < 4.78 is 5.84. The van der Waals surface area contributed by atoms with Crippen LogP contribution in [0.25, 0.3) is 0 Å². The van der Waals surface area contributed by atoms with Crippen molar-refractivity contribution < 1.29 is 14.3 Å². The van der Waals surface area contributed by atoms with Gasteiger partial charge in [-0.2, -0.15) is 0 Å². The number of pyridine rings is 1. The highest BCUT2D eigenvalue weighted by atomic mass is 16.5. The molecule has 1 saturated heterocycles. The van der Waals surface area contributed by atoms with Gasteiger partial charge in [0.25, 0.3) is 0 Å². The van der Waals surface area contributed by atoms with E-state index in [0.29, 0.717) is 0 Å². The van der Waals surface area contributed by atoms with Crippen molar-refractivity contribution >= 4 is 17.6 Å². The van der Waals surface area contributed by atoms with Crippen LogP contribution in [0.15, 0.2) is 12.3 Å². The van der Waals surface area contributed by atoms with E-state index in [1.165, 1.54) is 29.7 Å². The molecule has 0 spiro atoms. The van der Waals surface area contributed by atoms with Crippen molar-refractivity contribution in [1.29, 1.82) is 0 Å². The van der Waals surface area contributed by atoms with Gasteiger partial charge in [-0.3, -0.25) is 14.5 Å². The molecule has 182 valence electrons. The normalized spacial score (nSPS) is 23.0. The molecule has 0 bridgehead atoms. The third-order valence-corrected chi connectivity index (χ3v) is 7.39. The summed E-state index contributed by atoms with van der Waals surface area (Å²) in [4.78, 5) is 34.9. The standard InChI is InChI=1S/C25H39N5O3/c1-28(2)23(32)8-7-22(31)27-21-5-3-19(4-6-21)10-13-29-14-16-30(17-15-29)25-24-20(9-12-26-25)11-18-33-24/h9,12,19,21H,3-8,10-11,13-18H2,1-2H3,(H,27,31). The van der Waals surface area contributed by atoms with Crippen LogP contribution < -0.4 is 15.0 Å². The van der Waals surface area contributed by atoms with Crippen molar-refractivity contribution in [2.45, 2.75) is 57.4 Å². The molecule has 1 N–H and O–H groups in total. The van der Waals surface area contributed by atoms with E-state index >= 15 is 0 Å². The first-order valence-corrected chi connectivity index (χ1v) is 12.6. The first kappa shape index (κ1) is 23.8. The summed E-state index contributed by atoms with van der Waals surface area (Å²) in [6, 6.07) is 2.35. The molecule has 2 aliphatic heterocycles. The van der Waals surface area contributed by atoms with Gasteiger partial charge in [0.15, 0.2) is 11.6 Å². The molecule has 8 heteroatoms. The quantitative estimate of drug-likeness (QED) is 0.644. The van der Waals surface area contributed by atoms with E-state index in [2.05, 4.69) is 26.2 Å². The lowest BCUT2D eigenvalue weighted by atomic mass is 9.84. The van der Waals surface area contributed by atoms with E-state index in [1.54, 1.807) is 14.1 Å². The van der Waals surface area contributed by atoms with Gasteiger partial charge in [-0.1, -0.05) is 0 Å². The van der Waals surface area contributed by atoms with E-state index in [0.717, 1.165) is 76.1 Å². The predicted molar refractivity (Wildman–Crippen MR) is 129 cm³/mol. The molecule has 1 saturated carbocycles. The number of carbonyl (C=O) groups is 2. The summed E-state index contributed by atoms with van der Waals surface area (Å²) in [5.41, 5.74) is 1.29. The number of piperazine rings is 1. The molecule has 2 amide bonds. The molecule has 0 aromatic carbocycles. The van der Waals surface area contributed by atoms with Crippen LogP contribution in [0.3, 0.4) is 0 Å². The maximum atomic E-state index is 12.1. The van der Waals surface area contributed by atoms with Crippen LogP contribution in [0, 0.1) is 5.92 Å². The van der Waals surface area contributed by atoms with Gasteiger partial charge in [-0.05, 0) is 50.6 Å². The third kappa shape index (κ3) is 6.37. The molecule has 8 nitrogen and oxygen atoms in total. The minimum absolute atomic E-state index is 0.00645. The number of nitrogens with one attached hydrogen (secondary N) is 1. The molecule has 3 aliphatic rings. The van der Waals surface area contributed by atoms with Crippen molar-refractivity contribution in [3.05, 3.63) is 17.8 Å². The zero-order valence-corrected chi connectivity index (χ0v) is 20.2. The van der Waals surface area contributed by atoms with Gasteiger partial charge >= 0.3 is 0 Å². The summed E-state index contributed by atoms with van der Waals surface area (Å²) >= 11 is 0. The molecule has 1 aliphatic carbocycles. The fraction of sp³-hybridized carbons (Fsp3) is 0.720. The zero-order valence-electron chi connectivity index (χ0n) is 20.2. The van der Waals surface area contributed by atoms with Gasteiger partial charge in [0.2, 0.25) is 11.8 Å². The average molecular weight is 458 g/mol. The molecule has 0 unspecified atom stereocenters. The first-order chi connectivity index (χ1) is 16.0. The fourth-order valence-electron chi connectivity index (χ4n) is 5.21. The van der Waals surface area contributed by atoms with Gasteiger partial charge in [0, 0.05) is 77.3 Å². The van der Waals surface area contributed by atoms with Crippen LogP contribution in [-0.2, 0) is 16.0 Å². The van der Waals surface area contributed by atoms with Gasteiger partial charge in [-0.25, -0.2) is 4.98 Å². The smallest absolute Gasteiger partial charge is 0.222 e. The van der Waals surface area contributed by atoms with E-state index in [-0.39, 0.29) is 30.7 Å². The SMILES string of the molecule is CN(C)C(=O)CCC(=O)NC1CCC(CCN2CCN(c3nccc4c3OCC4)CC2)CC1. The Balaban J connectivity index is 1.11. The Labute approximate surface area is 197 Å². The first-order valence-electron chi connectivity index (χ1n) is 12.6. The highest BCUT2D eigenvalue weighted by molar-refractivity contribution is 5.83. The van der Waals surface area contributed by atoms with Gasteiger partial charge in [0.1, 0.15) is 0 Å². The summed E-state index contributed by atoms with van der Waals surface area (Å²) in [6.45, 7) is 6.07. The van der Waals surface area contributed by atoms with Crippen molar-refractivity contribution in [1.82, 2.24) is 20.1 Å². The second-order valence-corrected chi connectivity index (χ2v) is 9.91. The van der Waals surface area contributed by atoms with Crippen LogP contribution in [0.2, 0.25) is 0 Å². The Morgan fingerprint density at radius 1 is 1.12 bits per heavy atom. The van der Waals surface area contributed by atoms with Gasteiger partial charge < -0.3 is 19.9 Å². The molecule has 1 aromatic heterocycles. The number of hydrogen-bond acceptors (Lipinski definition) is 6. The second kappa shape index (κ2) is 11.2. The number of anilines is 1. The van der Waals surface area contributed by atoms with Crippen LogP contribution in [0.5, 0.6) is 5.75 Å². The Kier molecular flexibility index (Phi) is 8.06. The van der Waals surface area contributed by atoms with Crippen molar-refractivity contribution in [3.8, 4) is 5.75 Å². The summed E-state index contributed by atoms with van der Waals surface area (Å²) in [6.07, 6.45) is 9.18. The molecular formula is C25H39N5O3. The van der Waals surface area contributed by atoms with Crippen LogP contribution >= 0.6 is 0 Å². The van der Waals surface area contributed by atoms with E-state index in [9.17, 15) is 9.59 Å². The molecular weight excluding hydrogens is 418 g/mol. The largest absolute Gasteiger partial charge is 0.489 e. The Morgan fingerprint density at radius 3 is 2.61 bits per heavy atom. The Morgan fingerprint density at radius 2 is 1.88 bits per heavy atom. The predicted octanol–water partition coefficient (Wildman–Crippen LogP) is 2.07. The van der Waals surface area contributed by atoms with Crippen molar-refractivity contribution in [2.75, 3.05) is 58.3 Å². The molecule has 3 heterocycles. The number of aromatic nitrogens is 1.